The molecule has 23 heavy (non-hydrogen) atoms. The molecule has 6 nitrogen and oxygen atoms in total. The summed E-state index contributed by atoms with van der Waals surface area (Å²) in [6.45, 7) is 2.22. The maximum atomic E-state index is 9.82. The molecule has 1 rings (SSSR count). The van der Waals surface area contributed by atoms with Gasteiger partial charge < -0.3 is 29.9 Å². The van der Waals surface area contributed by atoms with Crippen molar-refractivity contribution >= 4 is 0 Å². The molecule has 138 valence electrons. The monoisotopic (exact) mass is 334 g/mol. The Hall–Kier alpha value is -0.240. The van der Waals surface area contributed by atoms with Gasteiger partial charge >= 0.3 is 0 Å². The van der Waals surface area contributed by atoms with Crippen molar-refractivity contribution in [1.82, 2.24) is 0 Å². The van der Waals surface area contributed by atoms with Gasteiger partial charge in [0.2, 0.25) is 0 Å². The summed E-state index contributed by atoms with van der Waals surface area (Å²) in [6, 6.07) is 0. The van der Waals surface area contributed by atoms with Crippen LogP contribution in [0, 0.1) is 0 Å². The lowest BCUT2D eigenvalue weighted by Gasteiger charge is -2.39. The van der Waals surface area contributed by atoms with Crippen LogP contribution in [0.25, 0.3) is 0 Å². The van der Waals surface area contributed by atoms with Crippen LogP contribution < -0.4 is 0 Å². The lowest BCUT2D eigenvalue weighted by molar-refractivity contribution is -0.301. The van der Waals surface area contributed by atoms with Gasteiger partial charge in [-0.1, -0.05) is 58.3 Å². The van der Waals surface area contributed by atoms with Crippen LogP contribution in [0.4, 0.5) is 0 Å². The fourth-order valence-electron chi connectivity index (χ4n) is 2.82. The molecule has 0 aromatic carbocycles. The highest BCUT2D eigenvalue weighted by Gasteiger charge is 2.43. The number of ether oxygens (including phenoxy) is 2. The Labute approximate surface area is 139 Å². The second-order valence-electron chi connectivity index (χ2n) is 6.40. The largest absolute Gasteiger partial charge is 0.394 e. The smallest absolute Gasteiger partial charge is 0.186 e. The number of unbranched alkanes of at least 4 members (excludes halogenated alkanes) is 8. The molecule has 1 saturated heterocycles. The van der Waals surface area contributed by atoms with E-state index in [4.69, 9.17) is 14.6 Å². The molecule has 0 aromatic heterocycles. The van der Waals surface area contributed by atoms with Gasteiger partial charge in [-0.2, -0.15) is 0 Å². The Morgan fingerprint density at radius 3 is 1.91 bits per heavy atom. The first-order valence-corrected chi connectivity index (χ1v) is 9.04. The minimum Gasteiger partial charge on any atom is -0.394 e. The van der Waals surface area contributed by atoms with Crippen molar-refractivity contribution in [2.75, 3.05) is 13.2 Å². The molecule has 1 fully saturated rings. The third-order valence-electron chi connectivity index (χ3n) is 4.38. The number of hydrogen-bond acceptors (Lipinski definition) is 6. The van der Waals surface area contributed by atoms with Gasteiger partial charge in [-0.15, -0.1) is 0 Å². The second kappa shape index (κ2) is 12.2. The molecule has 0 unspecified atom stereocenters. The van der Waals surface area contributed by atoms with Gasteiger partial charge in [0.05, 0.1) is 6.61 Å². The topological polar surface area (TPSA) is 99.4 Å². The molecule has 5 atom stereocenters. The van der Waals surface area contributed by atoms with Crippen LogP contribution in [-0.4, -0.2) is 64.3 Å². The molecule has 0 spiro atoms. The fraction of sp³-hybridized carbons (Fsp3) is 1.00. The minimum atomic E-state index is -1.37. The highest BCUT2D eigenvalue weighted by Crippen LogP contribution is 2.22. The minimum absolute atomic E-state index is 0.428. The first-order valence-electron chi connectivity index (χ1n) is 9.04. The summed E-state index contributed by atoms with van der Waals surface area (Å²) in [6.07, 6.45) is 4.97. The van der Waals surface area contributed by atoms with Gasteiger partial charge in [-0.3, -0.25) is 0 Å². The molecular formula is C17H34O6. The molecule has 0 radical (unpaired) electrons. The zero-order valence-corrected chi connectivity index (χ0v) is 14.3. The third-order valence-corrected chi connectivity index (χ3v) is 4.38. The van der Waals surface area contributed by atoms with E-state index in [1.54, 1.807) is 0 Å². The number of hydrogen-bond donors (Lipinski definition) is 4. The predicted molar refractivity (Wildman–Crippen MR) is 86.9 cm³/mol. The van der Waals surface area contributed by atoms with Gasteiger partial charge in [-0.25, -0.2) is 0 Å². The molecule has 4 N–H and O–H groups in total. The zero-order valence-electron chi connectivity index (χ0n) is 14.3. The van der Waals surface area contributed by atoms with Crippen LogP contribution in [0.2, 0.25) is 0 Å². The molecule has 1 aliphatic rings. The molecule has 0 saturated carbocycles. The van der Waals surface area contributed by atoms with Crippen LogP contribution in [0.1, 0.15) is 64.7 Å². The number of rotatable bonds is 12. The van der Waals surface area contributed by atoms with E-state index in [-0.39, 0.29) is 0 Å². The maximum Gasteiger partial charge on any atom is 0.186 e. The fourth-order valence-corrected chi connectivity index (χ4v) is 2.82. The molecular weight excluding hydrogens is 300 g/mol. The van der Waals surface area contributed by atoms with Gasteiger partial charge in [0.15, 0.2) is 6.29 Å². The first kappa shape index (κ1) is 20.8. The Kier molecular flexibility index (Phi) is 11.0. The average Bonchev–Trinajstić information content (AvgIpc) is 2.56. The SMILES string of the molecule is CCCCCCCCCCCO[C@H]1O[C@H](CO)[C@H](O)[C@@H](O)[C@H]1O. The highest BCUT2D eigenvalue weighted by molar-refractivity contribution is 4.88. The summed E-state index contributed by atoms with van der Waals surface area (Å²) in [5.74, 6) is 0. The van der Waals surface area contributed by atoms with Crippen LogP contribution in [-0.2, 0) is 9.47 Å². The molecule has 0 aromatic rings. The normalized spacial score (nSPS) is 31.4. The van der Waals surface area contributed by atoms with Crippen LogP contribution in [0.3, 0.4) is 0 Å². The van der Waals surface area contributed by atoms with Crippen LogP contribution in [0.5, 0.6) is 0 Å². The van der Waals surface area contributed by atoms with E-state index >= 15 is 0 Å². The summed E-state index contributed by atoms with van der Waals surface area (Å²) in [7, 11) is 0. The molecule has 1 heterocycles. The van der Waals surface area contributed by atoms with Crippen LogP contribution >= 0.6 is 0 Å². The van der Waals surface area contributed by atoms with Crippen molar-refractivity contribution in [2.24, 2.45) is 0 Å². The van der Waals surface area contributed by atoms with Gasteiger partial charge in [0.25, 0.3) is 0 Å². The van der Waals surface area contributed by atoms with Gasteiger partial charge in [0, 0.05) is 6.61 Å². The average molecular weight is 334 g/mol. The lowest BCUT2D eigenvalue weighted by Crippen LogP contribution is -2.59. The molecule has 0 bridgehead atoms. The van der Waals surface area contributed by atoms with Crippen molar-refractivity contribution < 1.29 is 29.9 Å². The van der Waals surface area contributed by atoms with Crippen molar-refractivity contribution in [1.29, 1.82) is 0 Å². The quantitative estimate of drug-likeness (QED) is 0.402. The van der Waals surface area contributed by atoms with E-state index in [2.05, 4.69) is 6.92 Å². The summed E-state index contributed by atoms with van der Waals surface area (Å²) in [5, 5.41) is 38.2. The molecule has 1 aliphatic heterocycles. The predicted octanol–water partition coefficient (Wildman–Crippen LogP) is 1.33. The van der Waals surface area contributed by atoms with E-state index in [1.807, 2.05) is 0 Å². The zero-order chi connectivity index (χ0) is 17.1. The summed E-state index contributed by atoms with van der Waals surface area (Å²) >= 11 is 0. The Morgan fingerprint density at radius 1 is 0.783 bits per heavy atom. The summed E-state index contributed by atoms with van der Waals surface area (Å²) < 4.78 is 10.7. The number of aliphatic hydroxyl groups is 4. The van der Waals surface area contributed by atoms with E-state index in [0.29, 0.717) is 6.61 Å². The number of aliphatic hydroxyl groups excluding tert-OH is 4. The standard InChI is InChI=1S/C17H34O6/c1-2-3-4-5-6-7-8-9-10-11-22-17-16(21)15(20)14(19)13(12-18)23-17/h13-21H,2-12H2,1H3/t13-,14+,15-,16-,17+/m1/s1. The Bertz CT molecular complexity index is 286. The summed E-state index contributed by atoms with van der Waals surface area (Å²) in [4.78, 5) is 0. The highest BCUT2D eigenvalue weighted by atomic mass is 16.7. The van der Waals surface area contributed by atoms with E-state index in [0.717, 1.165) is 12.8 Å². The Balaban J connectivity index is 2.06. The molecule has 0 aliphatic carbocycles. The van der Waals surface area contributed by atoms with E-state index in [1.165, 1.54) is 44.9 Å². The van der Waals surface area contributed by atoms with Gasteiger partial charge in [-0.05, 0) is 6.42 Å². The van der Waals surface area contributed by atoms with E-state index in [9.17, 15) is 15.3 Å². The lowest BCUT2D eigenvalue weighted by atomic mass is 9.99. The van der Waals surface area contributed by atoms with Crippen molar-refractivity contribution in [3.05, 3.63) is 0 Å². The van der Waals surface area contributed by atoms with E-state index < -0.39 is 37.3 Å². The van der Waals surface area contributed by atoms with Crippen molar-refractivity contribution in [2.45, 2.75) is 95.4 Å². The first-order chi connectivity index (χ1) is 11.1. The van der Waals surface area contributed by atoms with Crippen LogP contribution in [0.15, 0.2) is 0 Å². The van der Waals surface area contributed by atoms with Gasteiger partial charge in [0.1, 0.15) is 24.4 Å². The maximum absolute atomic E-state index is 9.82. The Morgan fingerprint density at radius 2 is 1.35 bits per heavy atom. The van der Waals surface area contributed by atoms with Crippen molar-refractivity contribution in [3.63, 3.8) is 0 Å². The second-order valence-corrected chi connectivity index (χ2v) is 6.40. The molecule has 0 amide bonds. The third kappa shape index (κ3) is 7.45. The van der Waals surface area contributed by atoms with Crippen molar-refractivity contribution in [3.8, 4) is 0 Å². The summed E-state index contributed by atoms with van der Waals surface area (Å²) in [5.41, 5.74) is 0. The molecule has 6 heteroatoms.